The number of methoxy groups -OCH3 is 1. The van der Waals surface area contributed by atoms with Crippen LogP contribution in [0.4, 0.5) is 0 Å². The molecule has 0 aromatic heterocycles. The van der Waals surface area contributed by atoms with Crippen LogP contribution in [-0.4, -0.2) is 13.7 Å². The van der Waals surface area contributed by atoms with Gasteiger partial charge in [0.1, 0.15) is 18.1 Å². The van der Waals surface area contributed by atoms with Crippen molar-refractivity contribution in [1.29, 1.82) is 0 Å². The summed E-state index contributed by atoms with van der Waals surface area (Å²) in [6.07, 6.45) is 1.70. The van der Waals surface area contributed by atoms with Gasteiger partial charge in [-0.05, 0) is 36.4 Å². The molecule has 98 valence electrons. The van der Waals surface area contributed by atoms with Crippen molar-refractivity contribution < 1.29 is 14.2 Å². The topological polar surface area (TPSA) is 27.7 Å². The molecule has 0 aliphatic carbocycles. The zero-order chi connectivity index (χ0) is 13.5. The van der Waals surface area contributed by atoms with E-state index in [4.69, 9.17) is 14.2 Å². The molecule has 0 bridgehead atoms. The molecule has 2 aromatic rings. The van der Waals surface area contributed by atoms with Gasteiger partial charge in [-0.15, -0.1) is 0 Å². The molecular formula is C16H16O3. The molecule has 0 unspecified atom stereocenters. The molecule has 0 amide bonds. The van der Waals surface area contributed by atoms with Crippen LogP contribution in [0.25, 0.3) is 0 Å². The standard InChI is InChI=1S/C16H16O3/c1-3-12-18-15-6-4-5-7-16(15)19-14-10-8-13(17-2)9-11-14/h3-11H,1,12H2,2H3. The summed E-state index contributed by atoms with van der Waals surface area (Å²) in [5.74, 6) is 2.90. The smallest absolute Gasteiger partial charge is 0.169 e. The van der Waals surface area contributed by atoms with E-state index in [1.165, 1.54) is 0 Å². The minimum atomic E-state index is 0.447. The van der Waals surface area contributed by atoms with Crippen LogP contribution in [0.1, 0.15) is 0 Å². The van der Waals surface area contributed by atoms with Crippen molar-refractivity contribution in [2.45, 2.75) is 0 Å². The molecule has 0 saturated carbocycles. The second-order valence-corrected chi connectivity index (χ2v) is 3.82. The van der Waals surface area contributed by atoms with E-state index < -0.39 is 0 Å². The fraction of sp³-hybridized carbons (Fsp3) is 0.125. The first-order valence-corrected chi connectivity index (χ1v) is 5.98. The highest BCUT2D eigenvalue weighted by Crippen LogP contribution is 2.31. The van der Waals surface area contributed by atoms with Crippen LogP contribution in [0.2, 0.25) is 0 Å². The highest BCUT2D eigenvalue weighted by molar-refractivity contribution is 5.43. The molecule has 2 rings (SSSR count). The lowest BCUT2D eigenvalue weighted by Crippen LogP contribution is -1.95. The summed E-state index contributed by atoms with van der Waals surface area (Å²) in [6.45, 7) is 4.08. The molecule has 3 nitrogen and oxygen atoms in total. The van der Waals surface area contributed by atoms with Crippen LogP contribution in [0.5, 0.6) is 23.0 Å². The molecule has 0 aliphatic rings. The first-order valence-electron chi connectivity index (χ1n) is 5.98. The van der Waals surface area contributed by atoms with Crippen LogP contribution in [-0.2, 0) is 0 Å². The largest absolute Gasteiger partial charge is 0.497 e. The fourth-order valence-corrected chi connectivity index (χ4v) is 1.57. The lowest BCUT2D eigenvalue weighted by atomic mass is 10.3. The normalized spacial score (nSPS) is 9.74. The Bertz CT molecular complexity index is 532. The Balaban J connectivity index is 2.14. The zero-order valence-electron chi connectivity index (χ0n) is 10.8. The van der Waals surface area contributed by atoms with Gasteiger partial charge in [0.25, 0.3) is 0 Å². The monoisotopic (exact) mass is 256 g/mol. The summed E-state index contributed by atoms with van der Waals surface area (Å²) in [5, 5.41) is 0. The van der Waals surface area contributed by atoms with Gasteiger partial charge in [-0.2, -0.15) is 0 Å². The number of benzene rings is 2. The average molecular weight is 256 g/mol. The molecular weight excluding hydrogens is 240 g/mol. The van der Waals surface area contributed by atoms with Crippen molar-refractivity contribution in [2.24, 2.45) is 0 Å². The maximum Gasteiger partial charge on any atom is 0.169 e. The predicted molar refractivity (Wildman–Crippen MR) is 75.2 cm³/mol. The molecule has 0 heterocycles. The molecule has 0 aliphatic heterocycles. The third-order valence-electron chi connectivity index (χ3n) is 2.49. The Morgan fingerprint density at radius 2 is 1.58 bits per heavy atom. The average Bonchev–Trinajstić information content (AvgIpc) is 2.47. The number of hydrogen-bond acceptors (Lipinski definition) is 3. The summed E-state index contributed by atoms with van der Waals surface area (Å²) in [6, 6.07) is 14.9. The van der Waals surface area contributed by atoms with Gasteiger partial charge in [0, 0.05) is 0 Å². The van der Waals surface area contributed by atoms with Crippen molar-refractivity contribution >= 4 is 0 Å². The number of para-hydroxylation sites is 2. The summed E-state index contributed by atoms with van der Waals surface area (Å²) in [7, 11) is 1.63. The number of ether oxygens (including phenoxy) is 3. The van der Waals surface area contributed by atoms with Crippen molar-refractivity contribution in [2.75, 3.05) is 13.7 Å². The lowest BCUT2D eigenvalue weighted by molar-refractivity contribution is 0.340. The Morgan fingerprint density at radius 1 is 0.947 bits per heavy atom. The van der Waals surface area contributed by atoms with Gasteiger partial charge in [0.2, 0.25) is 0 Å². The third kappa shape index (κ3) is 3.52. The second kappa shape index (κ2) is 6.50. The van der Waals surface area contributed by atoms with Gasteiger partial charge in [0.15, 0.2) is 11.5 Å². The van der Waals surface area contributed by atoms with Crippen molar-refractivity contribution in [1.82, 2.24) is 0 Å². The minimum Gasteiger partial charge on any atom is -0.497 e. The fourth-order valence-electron chi connectivity index (χ4n) is 1.57. The second-order valence-electron chi connectivity index (χ2n) is 3.82. The van der Waals surface area contributed by atoms with Crippen LogP contribution < -0.4 is 14.2 Å². The van der Waals surface area contributed by atoms with E-state index in [-0.39, 0.29) is 0 Å². The van der Waals surface area contributed by atoms with Gasteiger partial charge < -0.3 is 14.2 Å². The molecule has 0 saturated heterocycles. The van der Waals surface area contributed by atoms with Gasteiger partial charge in [-0.3, -0.25) is 0 Å². The molecule has 0 N–H and O–H groups in total. The summed E-state index contributed by atoms with van der Waals surface area (Å²) >= 11 is 0. The molecule has 0 spiro atoms. The minimum absolute atomic E-state index is 0.447. The molecule has 0 radical (unpaired) electrons. The predicted octanol–water partition coefficient (Wildman–Crippen LogP) is 4.05. The van der Waals surface area contributed by atoms with Crippen molar-refractivity contribution in [3.8, 4) is 23.0 Å². The van der Waals surface area contributed by atoms with E-state index >= 15 is 0 Å². The van der Waals surface area contributed by atoms with E-state index in [1.54, 1.807) is 13.2 Å². The molecule has 19 heavy (non-hydrogen) atoms. The van der Waals surface area contributed by atoms with Crippen LogP contribution >= 0.6 is 0 Å². The van der Waals surface area contributed by atoms with E-state index in [2.05, 4.69) is 6.58 Å². The van der Waals surface area contributed by atoms with E-state index in [0.717, 1.165) is 11.5 Å². The Labute approximate surface area is 113 Å². The van der Waals surface area contributed by atoms with E-state index in [0.29, 0.717) is 18.1 Å². The molecule has 0 fully saturated rings. The molecule has 3 heteroatoms. The number of rotatable bonds is 6. The van der Waals surface area contributed by atoms with E-state index in [9.17, 15) is 0 Å². The van der Waals surface area contributed by atoms with Crippen LogP contribution in [0.3, 0.4) is 0 Å². The Morgan fingerprint density at radius 3 is 2.21 bits per heavy atom. The summed E-state index contributed by atoms with van der Waals surface area (Å²) < 4.78 is 16.4. The van der Waals surface area contributed by atoms with Gasteiger partial charge >= 0.3 is 0 Å². The molecule has 2 aromatic carbocycles. The molecule has 0 atom stereocenters. The summed E-state index contributed by atoms with van der Waals surface area (Å²) in [4.78, 5) is 0. The third-order valence-corrected chi connectivity index (χ3v) is 2.49. The maximum atomic E-state index is 5.79. The van der Waals surface area contributed by atoms with Gasteiger partial charge in [0.05, 0.1) is 7.11 Å². The van der Waals surface area contributed by atoms with Gasteiger partial charge in [-0.25, -0.2) is 0 Å². The quantitative estimate of drug-likeness (QED) is 0.730. The Kier molecular flexibility index (Phi) is 4.45. The Hall–Kier alpha value is -2.42. The van der Waals surface area contributed by atoms with Crippen molar-refractivity contribution in [3.05, 3.63) is 61.2 Å². The number of hydrogen-bond donors (Lipinski definition) is 0. The van der Waals surface area contributed by atoms with Gasteiger partial charge in [-0.1, -0.05) is 24.8 Å². The highest BCUT2D eigenvalue weighted by atomic mass is 16.5. The van der Waals surface area contributed by atoms with Crippen LogP contribution in [0, 0.1) is 0 Å². The lowest BCUT2D eigenvalue weighted by Gasteiger charge is -2.11. The summed E-state index contributed by atoms with van der Waals surface area (Å²) in [5.41, 5.74) is 0. The van der Waals surface area contributed by atoms with Crippen LogP contribution in [0.15, 0.2) is 61.2 Å². The van der Waals surface area contributed by atoms with Crippen molar-refractivity contribution in [3.63, 3.8) is 0 Å². The highest BCUT2D eigenvalue weighted by Gasteiger charge is 2.05. The first kappa shape index (κ1) is 13.0. The zero-order valence-corrected chi connectivity index (χ0v) is 10.8. The first-order chi connectivity index (χ1) is 9.33. The SMILES string of the molecule is C=CCOc1ccccc1Oc1ccc(OC)cc1. The van der Waals surface area contributed by atoms with E-state index in [1.807, 2.05) is 48.5 Å². The maximum absolute atomic E-state index is 5.79.